The largest absolute Gasteiger partial charge is 0.493 e. The maximum atomic E-state index is 13.6. The number of carbonyl (C=O) groups is 2. The first kappa shape index (κ1) is 27.8. The Kier molecular flexibility index (Phi) is 8.15. The van der Waals surface area contributed by atoms with Gasteiger partial charge in [0.2, 0.25) is 11.8 Å². The van der Waals surface area contributed by atoms with Crippen LogP contribution in [0.15, 0.2) is 66.9 Å². The van der Waals surface area contributed by atoms with Crippen LogP contribution in [0.1, 0.15) is 35.1 Å². The lowest BCUT2D eigenvalue weighted by Gasteiger charge is -2.36. The van der Waals surface area contributed by atoms with Crippen LogP contribution in [0.5, 0.6) is 11.5 Å². The molecule has 1 aliphatic heterocycles. The Balaban J connectivity index is 1.18. The summed E-state index contributed by atoms with van der Waals surface area (Å²) in [5.74, 6) is 0.548. The molecule has 0 radical (unpaired) electrons. The second kappa shape index (κ2) is 12.3. The summed E-state index contributed by atoms with van der Waals surface area (Å²) in [7, 11) is 3.19. The van der Waals surface area contributed by atoms with Crippen LogP contribution in [0.4, 0.5) is 5.69 Å². The van der Waals surface area contributed by atoms with E-state index in [4.69, 9.17) is 9.47 Å². The van der Waals surface area contributed by atoms with Crippen LogP contribution in [-0.4, -0.2) is 49.0 Å². The number of nitrogens with one attached hydrogen (secondary N) is 3. The predicted molar refractivity (Wildman–Crippen MR) is 164 cm³/mol. The fourth-order valence-corrected chi connectivity index (χ4v) is 6.42. The first-order valence-electron chi connectivity index (χ1n) is 14.7. The van der Waals surface area contributed by atoms with E-state index in [-0.39, 0.29) is 23.7 Å². The molecular weight excluding hydrogens is 528 g/mol. The Morgan fingerprint density at radius 2 is 1.69 bits per heavy atom. The molecule has 4 aromatic rings. The number of anilines is 1. The van der Waals surface area contributed by atoms with Crippen molar-refractivity contribution in [1.29, 1.82) is 0 Å². The van der Waals surface area contributed by atoms with Crippen molar-refractivity contribution >= 4 is 28.4 Å². The van der Waals surface area contributed by atoms with Crippen molar-refractivity contribution in [2.75, 3.05) is 32.6 Å². The number of rotatable bonds is 9. The zero-order chi connectivity index (χ0) is 29.1. The molecule has 0 bridgehead atoms. The first-order valence-corrected chi connectivity index (χ1v) is 14.7. The van der Waals surface area contributed by atoms with Gasteiger partial charge in [0.1, 0.15) is 0 Å². The smallest absolute Gasteiger partial charge is 0.228 e. The molecule has 1 aromatic heterocycles. The Morgan fingerprint density at radius 1 is 0.905 bits per heavy atom. The molecule has 3 aromatic carbocycles. The molecule has 218 valence electrons. The van der Waals surface area contributed by atoms with Crippen molar-refractivity contribution in [3.63, 3.8) is 0 Å². The number of hydrogen-bond donors (Lipinski definition) is 3. The number of aromatic amines is 1. The lowest BCUT2D eigenvalue weighted by Crippen LogP contribution is -2.48. The molecule has 2 amide bonds. The van der Waals surface area contributed by atoms with Crippen LogP contribution in [0.25, 0.3) is 10.9 Å². The number of likely N-dealkylation sites (tertiary alicyclic amines) is 1. The van der Waals surface area contributed by atoms with Gasteiger partial charge in [-0.25, -0.2) is 0 Å². The zero-order valence-electron chi connectivity index (χ0n) is 24.2. The predicted octanol–water partition coefficient (Wildman–Crippen LogP) is 5.07. The van der Waals surface area contributed by atoms with Crippen LogP contribution < -0.4 is 20.1 Å². The number of aryl methyl sites for hydroxylation is 2. The molecule has 2 heterocycles. The molecular formula is C34H38N4O4. The standard InChI is InChI=1S/C34H38N4O4/c1-41-31-13-10-22(14-32(31)42-2)17-36-33(39)25-15-26(34(40)37-28-12-11-23-6-5-7-24(23)16-28)20-38(19-25)21-27-18-35-30-9-4-3-8-29(27)30/h3-4,8-14,16,18,25-26,35H,5-7,15,17,19-21H2,1-2H3,(H,36,39)(H,37,40)/t25-,26+/m0/s1. The topological polar surface area (TPSA) is 95.7 Å². The fraction of sp³-hybridized carbons (Fsp3) is 0.353. The van der Waals surface area contributed by atoms with Gasteiger partial charge in [0.05, 0.1) is 26.1 Å². The monoisotopic (exact) mass is 566 g/mol. The number of aromatic nitrogens is 1. The van der Waals surface area contributed by atoms with Gasteiger partial charge in [-0.2, -0.15) is 0 Å². The van der Waals surface area contributed by atoms with Gasteiger partial charge in [-0.3, -0.25) is 14.5 Å². The third-order valence-electron chi connectivity index (χ3n) is 8.62. The summed E-state index contributed by atoms with van der Waals surface area (Å²) in [4.78, 5) is 32.7. The normalized spacial score (nSPS) is 18.4. The maximum absolute atomic E-state index is 13.6. The van der Waals surface area contributed by atoms with Crippen molar-refractivity contribution < 1.29 is 19.1 Å². The van der Waals surface area contributed by atoms with Gasteiger partial charge in [0.15, 0.2) is 11.5 Å². The number of amides is 2. The number of ether oxygens (including phenoxy) is 2. The molecule has 2 aliphatic rings. The fourth-order valence-electron chi connectivity index (χ4n) is 6.42. The molecule has 8 heteroatoms. The van der Waals surface area contributed by atoms with Gasteiger partial charge < -0.3 is 25.1 Å². The molecule has 1 fully saturated rings. The summed E-state index contributed by atoms with van der Waals surface area (Å²) in [6.07, 6.45) is 5.86. The van der Waals surface area contributed by atoms with Crippen LogP contribution in [-0.2, 0) is 35.5 Å². The van der Waals surface area contributed by atoms with E-state index in [0.29, 0.717) is 44.1 Å². The maximum Gasteiger partial charge on any atom is 0.228 e. The number of benzene rings is 3. The van der Waals surface area contributed by atoms with Crippen LogP contribution in [0, 0.1) is 11.8 Å². The van der Waals surface area contributed by atoms with E-state index in [2.05, 4.69) is 44.8 Å². The highest BCUT2D eigenvalue weighted by Crippen LogP contribution is 2.30. The highest BCUT2D eigenvalue weighted by Gasteiger charge is 2.35. The quantitative estimate of drug-likeness (QED) is 0.263. The van der Waals surface area contributed by atoms with Gasteiger partial charge in [-0.05, 0) is 78.3 Å². The number of carbonyl (C=O) groups excluding carboxylic acids is 2. The molecule has 0 saturated carbocycles. The zero-order valence-corrected chi connectivity index (χ0v) is 24.2. The van der Waals surface area contributed by atoms with E-state index in [1.807, 2.05) is 42.6 Å². The number of H-pyrrole nitrogens is 1. The summed E-state index contributed by atoms with van der Waals surface area (Å²) in [5.41, 5.74) is 6.70. The lowest BCUT2D eigenvalue weighted by molar-refractivity contribution is -0.130. The van der Waals surface area contributed by atoms with Crippen molar-refractivity contribution in [3.8, 4) is 11.5 Å². The van der Waals surface area contributed by atoms with Crippen LogP contribution in [0.2, 0.25) is 0 Å². The SMILES string of the molecule is COc1ccc(CNC(=O)[C@H]2C[C@@H](C(=O)Nc3ccc4c(c3)CCC4)CN(Cc3c[nH]c4ccccc34)C2)cc1OC. The highest BCUT2D eigenvalue weighted by molar-refractivity contribution is 5.93. The molecule has 2 atom stereocenters. The minimum absolute atomic E-state index is 0.0331. The van der Waals surface area contributed by atoms with E-state index in [1.54, 1.807) is 14.2 Å². The molecule has 0 spiro atoms. The van der Waals surface area contributed by atoms with E-state index in [0.717, 1.165) is 47.0 Å². The number of piperidine rings is 1. The minimum atomic E-state index is -0.320. The van der Waals surface area contributed by atoms with Crippen molar-refractivity contribution in [1.82, 2.24) is 15.2 Å². The summed E-state index contributed by atoms with van der Waals surface area (Å²) < 4.78 is 10.8. The summed E-state index contributed by atoms with van der Waals surface area (Å²) in [5, 5.41) is 7.43. The van der Waals surface area contributed by atoms with Gasteiger partial charge in [0.25, 0.3) is 0 Å². The van der Waals surface area contributed by atoms with Gasteiger partial charge >= 0.3 is 0 Å². The highest BCUT2D eigenvalue weighted by atomic mass is 16.5. The van der Waals surface area contributed by atoms with E-state index in [9.17, 15) is 9.59 Å². The third kappa shape index (κ3) is 5.99. The average Bonchev–Trinajstić information content (AvgIpc) is 3.66. The molecule has 3 N–H and O–H groups in total. The summed E-state index contributed by atoms with van der Waals surface area (Å²) in [6.45, 7) is 2.20. The Labute approximate surface area is 246 Å². The van der Waals surface area contributed by atoms with E-state index < -0.39 is 0 Å². The van der Waals surface area contributed by atoms with Crippen LogP contribution in [0.3, 0.4) is 0 Å². The minimum Gasteiger partial charge on any atom is -0.493 e. The van der Waals surface area contributed by atoms with Crippen LogP contribution >= 0.6 is 0 Å². The van der Waals surface area contributed by atoms with Gasteiger partial charge in [0, 0.05) is 49.0 Å². The summed E-state index contributed by atoms with van der Waals surface area (Å²) in [6, 6.07) is 20.1. The number of methoxy groups -OCH3 is 2. The third-order valence-corrected chi connectivity index (χ3v) is 8.62. The van der Waals surface area contributed by atoms with Gasteiger partial charge in [-0.1, -0.05) is 30.3 Å². The first-order chi connectivity index (χ1) is 20.5. The molecule has 0 unspecified atom stereocenters. The average molecular weight is 567 g/mol. The number of fused-ring (bicyclic) bond motifs is 2. The van der Waals surface area contributed by atoms with E-state index >= 15 is 0 Å². The molecule has 42 heavy (non-hydrogen) atoms. The second-order valence-corrected chi connectivity index (χ2v) is 11.4. The van der Waals surface area contributed by atoms with Gasteiger partial charge in [-0.15, -0.1) is 0 Å². The van der Waals surface area contributed by atoms with Crippen molar-refractivity contribution in [2.24, 2.45) is 11.8 Å². The lowest BCUT2D eigenvalue weighted by atomic mass is 9.87. The summed E-state index contributed by atoms with van der Waals surface area (Å²) >= 11 is 0. The van der Waals surface area contributed by atoms with E-state index in [1.165, 1.54) is 11.1 Å². The number of nitrogens with zero attached hydrogens (tertiary/aromatic N) is 1. The molecule has 8 nitrogen and oxygen atoms in total. The second-order valence-electron chi connectivity index (χ2n) is 11.4. The molecule has 1 aliphatic carbocycles. The Hall–Kier alpha value is -4.30. The number of para-hydroxylation sites is 1. The Morgan fingerprint density at radius 3 is 2.52 bits per heavy atom. The van der Waals surface area contributed by atoms with Crippen molar-refractivity contribution in [3.05, 3.63) is 89.1 Å². The molecule has 1 saturated heterocycles. The van der Waals surface area contributed by atoms with Crippen molar-refractivity contribution in [2.45, 2.75) is 38.8 Å². The Bertz CT molecular complexity index is 1600. The number of hydrogen-bond acceptors (Lipinski definition) is 5. The molecule has 6 rings (SSSR count).